The van der Waals surface area contributed by atoms with Crippen molar-refractivity contribution < 1.29 is 17.9 Å². The van der Waals surface area contributed by atoms with Crippen molar-refractivity contribution in [1.82, 2.24) is 4.31 Å². The fourth-order valence-corrected chi connectivity index (χ4v) is 4.92. The fourth-order valence-electron chi connectivity index (χ4n) is 3.14. The van der Waals surface area contributed by atoms with Crippen LogP contribution in [0.25, 0.3) is 0 Å². The van der Waals surface area contributed by atoms with Crippen LogP contribution in [-0.2, 0) is 19.5 Å². The summed E-state index contributed by atoms with van der Waals surface area (Å²) in [6.45, 7) is 2.23. The topological polar surface area (TPSA) is 55.8 Å². The minimum atomic E-state index is -3.16. The number of rotatable bonds is 7. The van der Waals surface area contributed by atoms with Crippen LogP contribution < -0.4 is 0 Å². The normalized spacial score (nSPS) is 26.0. The Bertz CT molecular complexity index is 392. The number of sulfonamides is 1. The lowest BCUT2D eigenvalue weighted by Crippen LogP contribution is -2.45. The van der Waals surface area contributed by atoms with Crippen LogP contribution in [0.1, 0.15) is 44.9 Å². The van der Waals surface area contributed by atoms with Crippen LogP contribution >= 0.6 is 0 Å². The molecule has 0 aromatic rings. The van der Waals surface area contributed by atoms with E-state index in [1.165, 1.54) is 12.3 Å². The van der Waals surface area contributed by atoms with E-state index in [1.54, 1.807) is 11.4 Å². The Morgan fingerprint density at radius 1 is 1.14 bits per heavy atom. The smallest absolute Gasteiger partial charge is 0.214 e. The summed E-state index contributed by atoms with van der Waals surface area (Å²) in [5.41, 5.74) is 0. The first kappa shape index (κ1) is 17.2. The number of ether oxygens (including phenoxy) is 2. The zero-order valence-electron chi connectivity index (χ0n) is 13.1. The van der Waals surface area contributed by atoms with Gasteiger partial charge in [-0.05, 0) is 31.6 Å². The molecule has 1 saturated heterocycles. The highest BCUT2D eigenvalue weighted by atomic mass is 32.2. The van der Waals surface area contributed by atoms with Gasteiger partial charge < -0.3 is 9.47 Å². The summed E-state index contributed by atoms with van der Waals surface area (Å²) in [7, 11) is -1.52. The standard InChI is InChI=1S/C15H28NO4S/c1-19-10-11-20-15-8-5-9-16(12-15)21(17,18)13-14-6-3-2-4-7-14/h15H,2-13H2,1H3. The molecular weight excluding hydrogens is 290 g/mol. The van der Waals surface area contributed by atoms with Gasteiger partial charge in [0.05, 0.1) is 25.1 Å². The lowest BCUT2D eigenvalue weighted by atomic mass is 9.91. The van der Waals surface area contributed by atoms with Crippen molar-refractivity contribution in [3.05, 3.63) is 5.92 Å². The predicted octanol–water partition coefficient (Wildman–Crippen LogP) is 1.98. The molecule has 1 atom stereocenters. The molecule has 1 radical (unpaired) electrons. The van der Waals surface area contributed by atoms with Crippen LogP contribution in [-0.4, -0.2) is 58.0 Å². The van der Waals surface area contributed by atoms with Crippen LogP contribution in [0.4, 0.5) is 0 Å². The molecule has 123 valence electrons. The minimum absolute atomic E-state index is 0.0139. The van der Waals surface area contributed by atoms with Crippen LogP contribution in [0.15, 0.2) is 0 Å². The maximum atomic E-state index is 12.6. The van der Waals surface area contributed by atoms with E-state index in [-0.39, 0.29) is 11.9 Å². The molecule has 2 rings (SSSR count). The second kappa shape index (κ2) is 8.46. The molecule has 1 aliphatic heterocycles. The van der Waals surface area contributed by atoms with Gasteiger partial charge in [0.1, 0.15) is 0 Å². The predicted molar refractivity (Wildman–Crippen MR) is 82.5 cm³/mol. The maximum Gasteiger partial charge on any atom is 0.214 e. The zero-order valence-corrected chi connectivity index (χ0v) is 13.9. The van der Waals surface area contributed by atoms with Crippen molar-refractivity contribution >= 4 is 10.0 Å². The van der Waals surface area contributed by atoms with Crippen LogP contribution in [0.5, 0.6) is 0 Å². The molecule has 1 heterocycles. The van der Waals surface area contributed by atoms with Crippen molar-refractivity contribution in [1.29, 1.82) is 0 Å². The van der Waals surface area contributed by atoms with Gasteiger partial charge in [0.15, 0.2) is 0 Å². The van der Waals surface area contributed by atoms with E-state index in [1.807, 2.05) is 0 Å². The summed E-state index contributed by atoms with van der Waals surface area (Å²) < 4.78 is 37.4. The summed E-state index contributed by atoms with van der Waals surface area (Å²) in [5.74, 6) is 1.46. The average Bonchev–Trinajstić information content (AvgIpc) is 2.48. The third-order valence-corrected chi connectivity index (χ3v) is 6.21. The first-order valence-corrected chi connectivity index (χ1v) is 9.64. The van der Waals surface area contributed by atoms with Gasteiger partial charge in [0.25, 0.3) is 0 Å². The zero-order chi connectivity index (χ0) is 15.1. The molecule has 0 bridgehead atoms. The molecular formula is C15H28NO4S. The number of piperidine rings is 1. The molecule has 2 fully saturated rings. The van der Waals surface area contributed by atoms with Crippen LogP contribution in [0.3, 0.4) is 0 Å². The van der Waals surface area contributed by atoms with Gasteiger partial charge in [-0.2, -0.15) is 4.31 Å². The van der Waals surface area contributed by atoms with E-state index < -0.39 is 10.0 Å². The molecule has 0 aromatic carbocycles. The minimum Gasteiger partial charge on any atom is -0.382 e. The Balaban J connectivity index is 1.83. The Labute approximate surface area is 129 Å². The Morgan fingerprint density at radius 2 is 1.90 bits per heavy atom. The summed E-state index contributed by atoms with van der Waals surface area (Å²) in [6, 6.07) is 0. The second-order valence-electron chi connectivity index (χ2n) is 6.05. The van der Waals surface area contributed by atoms with Gasteiger partial charge in [0, 0.05) is 20.2 Å². The average molecular weight is 318 g/mol. The van der Waals surface area contributed by atoms with Crippen molar-refractivity contribution in [3.63, 3.8) is 0 Å². The fraction of sp³-hybridized carbons (Fsp3) is 0.933. The van der Waals surface area contributed by atoms with Gasteiger partial charge in [-0.3, -0.25) is 0 Å². The molecule has 0 N–H and O–H groups in total. The highest BCUT2D eigenvalue weighted by Gasteiger charge is 2.31. The lowest BCUT2D eigenvalue weighted by molar-refractivity contribution is -0.00651. The van der Waals surface area contributed by atoms with Crippen molar-refractivity contribution in [2.75, 3.05) is 39.2 Å². The molecule has 0 amide bonds. The van der Waals surface area contributed by atoms with Gasteiger partial charge in [-0.1, -0.05) is 19.3 Å². The molecule has 2 aliphatic rings. The third kappa shape index (κ3) is 5.51. The highest BCUT2D eigenvalue weighted by molar-refractivity contribution is 7.89. The van der Waals surface area contributed by atoms with E-state index in [4.69, 9.17) is 9.47 Å². The van der Waals surface area contributed by atoms with Gasteiger partial charge >= 0.3 is 0 Å². The third-order valence-electron chi connectivity index (χ3n) is 4.32. The summed E-state index contributed by atoms with van der Waals surface area (Å²) in [5, 5.41) is 0. The SMILES string of the molecule is COCCOC1CCCN(S(=O)(=O)C[C]2CCCCC2)C1. The number of hydrogen-bond acceptors (Lipinski definition) is 4. The molecule has 1 saturated carbocycles. The van der Waals surface area contributed by atoms with Crippen LogP contribution in [0.2, 0.25) is 0 Å². The van der Waals surface area contributed by atoms with E-state index >= 15 is 0 Å². The molecule has 5 nitrogen and oxygen atoms in total. The summed E-state index contributed by atoms with van der Waals surface area (Å²) in [4.78, 5) is 0. The lowest BCUT2D eigenvalue weighted by Gasteiger charge is -2.33. The molecule has 1 aliphatic carbocycles. The van der Waals surface area contributed by atoms with E-state index in [0.29, 0.717) is 26.3 Å². The van der Waals surface area contributed by atoms with E-state index in [2.05, 4.69) is 0 Å². The van der Waals surface area contributed by atoms with Gasteiger partial charge in [0.2, 0.25) is 10.0 Å². The second-order valence-corrected chi connectivity index (χ2v) is 8.02. The van der Waals surface area contributed by atoms with Crippen molar-refractivity contribution in [3.8, 4) is 0 Å². The first-order chi connectivity index (χ1) is 10.1. The summed E-state index contributed by atoms with van der Waals surface area (Å²) in [6.07, 6.45) is 7.34. The largest absolute Gasteiger partial charge is 0.382 e. The molecule has 0 spiro atoms. The Hall–Kier alpha value is -0.170. The first-order valence-electron chi connectivity index (χ1n) is 8.04. The molecule has 6 heteroatoms. The van der Waals surface area contributed by atoms with Crippen molar-refractivity contribution in [2.24, 2.45) is 0 Å². The maximum absolute atomic E-state index is 12.6. The number of nitrogens with zero attached hydrogens (tertiary/aromatic N) is 1. The monoisotopic (exact) mass is 318 g/mol. The van der Waals surface area contributed by atoms with Crippen molar-refractivity contribution in [2.45, 2.75) is 51.0 Å². The van der Waals surface area contributed by atoms with Gasteiger partial charge in [-0.15, -0.1) is 0 Å². The molecule has 0 aromatic heterocycles. The van der Waals surface area contributed by atoms with E-state index in [0.717, 1.165) is 38.5 Å². The molecule has 1 unspecified atom stereocenters. The molecule has 21 heavy (non-hydrogen) atoms. The summed E-state index contributed by atoms with van der Waals surface area (Å²) >= 11 is 0. The Kier molecular flexibility index (Phi) is 6.92. The number of hydrogen-bond donors (Lipinski definition) is 0. The number of methoxy groups -OCH3 is 1. The highest BCUT2D eigenvalue weighted by Crippen LogP contribution is 2.28. The van der Waals surface area contributed by atoms with Crippen LogP contribution in [0, 0.1) is 5.92 Å². The quantitative estimate of drug-likeness (QED) is 0.674. The van der Waals surface area contributed by atoms with E-state index in [9.17, 15) is 8.42 Å². The van der Waals surface area contributed by atoms with Gasteiger partial charge in [-0.25, -0.2) is 8.42 Å². The Morgan fingerprint density at radius 3 is 2.62 bits per heavy atom.